The first-order valence-corrected chi connectivity index (χ1v) is 10.5. The molecule has 0 spiro atoms. The van der Waals surface area contributed by atoms with Crippen LogP contribution in [-0.2, 0) is 4.79 Å². The molecular weight excluding hydrogens is 402 g/mol. The summed E-state index contributed by atoms with van der Waals surface area (Å²) in [4.78, 5) is 14.5. The molecule has 1 aliphatic rings. The van der Waals surface area contributed by atoms with Gasteiger partial charge in [-0.25, -0.2) is 0 Å². The Morgan fingerprint density at radius 3 is 2.28 bits per heavy atom. The summed E-state index contributed by atoms with van der Waals surface area (Å²) in [6, 6.07) is 13.7. The number of hydrogen-bond donors (Lipinski definition) is 0. The van der Waals surface area contributed by atoms with Crippen molar-refractivity contribution in [3.63, 3.8) is 0 Å². The number of rotatable bonds is 8. The van der Waals surface area contributed by atoms with Crippen molar-refractivity contribution in [2.45, 2.75) is 13.8 Å². The van der Waals surface area contributed by atoms with Crippen LogP contribution in [0.25, 0.3) is 6.08 Å². The smallest absolute Gasteiger partial charge is 0.266 e. The van der Waals surface area contributed by atoms with E-state index < -0.39 is 0 Å². The third-order valence-corrected chi connectivity index (χ3v) is 5.56. The van der Waals surface area contributed by atoms with Gasteiger partial charge in [0, 0.05) is 6.54 Å². The fourth-order valence-electron chi connectivity index (χ4n) is 2.93. The van der Waals surface area contributed by atoms with Gasteiger partial charge in [-0.05, 0) is 60.9 Å². The maximum Gasteiger partial charge on any atom is 0.266 e. The summed E-state index contributed by atoms with van der Waals surface area (Å²) in [5, 5.41) is 0. The minimum Gasteiger partial charge on any atom is -0.490 e. The number of nitrogens with zero attached hydrogens (tertiary/aromatic N) is 1. The highest BCUT2D eigenvalue weighted by Gasteiger charge is 2.30. The van der Waals surface area contributed by atoms with E-state index in [1.165, 1.54) is 22.9 Å². The van der Waals surface area contributed by atoms with Gasteiger partial charge in [0.25, 0.3) is 5.91 Å². The molecule has 0 aromatic heterocycles. The molecule has 4 nitrogen and oxygen atoms in total. The zero-order chi connectivity index (χ0) is 20.8. The number of thiocarbonyl (C=S) groups is 1. The lowest BCUT2D eigenvalue weighted by Gasteiger charge is -2.10. The summed E-state index contributed by atoms with van der Waals surface area (Å²) >= 11 is 6.56. The largest absolute Gasteiger partial charge is 0.490 e. The van der Waals surface area contributed by atoms with E-state index in [9.17, 15) is 4.79 Å². The molecular formula is C23H23NO3S2. The maximum atomic E-state index is 12.4. The summed E-state index contributed by atoms with van der Waals surface area (Å²) in [5.41, 5.74) is 3.28. The van der Waals surface area contributed by atoms with Gasteiger partial charge in [0.15, 0.2) is 0 Å². The predicted molar refractivity (Wildman–Crippen MR) is 123 cm³/mol. The molecule has 1 amide bonds. The van der Waals surface area contributed by atoms with E-state index >= 15 is 0 Å². The van der Waals surface area contributed by atoms with Gasteiger partial charge in [0.1, 0.15) is 29.0 Å². The number of ether oxygens (including phenoxy) is 2. The van der Waals surface area contributed by atoms with Gasteiger partial charge in [-0.1, -0.05) is 48.3 Å². The number of thioether (sulfide) groups is 1. The Morgan fingerprint density at radius 1 is 1.03 bits per heavy atom. The quantitative estimate of drug-likeness (QED) is 0.253. The molecule has 1 fully saturated rings. The second-order valence-corrected chi connectivity index (χ2v) is 8.35. The third kappa shape index (κ3) is 5.71. The van der Waals surface area contributed by atoms with Crippen LogP contribution in [0.1, 0.15) is 16.7 Å². The van der Waals surface area contributed by atoms with Gasteiger partial charge in [0.05, 0.1) is 4.91 Å². The lowest BCUT2D eigenvalue weighted by atomic mass is 10.1. The second-order valence-electron chi connectivity index (χ2n) is 6.67. The SMILES string of the molecule is C=CCN1C(=O)/C(=C\c2ccc(OCCOc3cc(C)cc(C)c3)cc2)SC1=S. The standard InChI is InChI=1S/C23H23NO3S2/c1-4-9-24-22(25)21(29-23(24)28)15-18-5-7-19(8-6-18)26-10-11-27-20-13-16(2)12-17(3)14-20/h4-8,12-15H,1,9-11H2,2-3H3/b21-15+. The molecule has 2 aromatic carbocycles. The molecule has 0 saturated carbocycles. The molecule has 1 aliphatic heterocycles. The van der Waals surface area contributed by atoms with E-state index in [4.69, 9.17) is 21.7 Å². The molecule has 0 N–H and O–H groups in total. The van der Waals surface area contributed by atoms with Gasteiger partial charge in [0.2, 0.25) is 0 Å². The van der Waals surface area contributed by atoms with Crippen molar-refractivity contribution in [1.82, 2.24) is 4.90 Å². The summed E-state index contributed by atoms with van der Waals surface area (Å²) in [5.74, 6) is 1.53. The summed E-state index contributed by atoms with van der Waals surface area (Å²) in [6.07, 6.45) is 3.51. The van der Waals surface area contributed by atoms with Crippen LogP contribution in [-0.4, -0.2) is 34.9 Å². The molecule has 1 saturated heterocycles. The lowest BCUT2D eigenvalue weighted by molar-refractivity contribution is -0.121. The molecule has 0 unspecified atom stereocenters. The van der Waals surface area contributed by atoms with E-state index in [-0.39, 0.29) is 5.91 Å². The van der Waals surface area contributed by atoms with E-state index in [0.717, 1.165) is 17.1 Å². The van der Waals surface area contributed by atoms with Crippen molar-refractivity contribution in [2.75, 3.05) is 19.8 Å². The molecule has 150 valence electrons. The molecule has 0 radical (unpaired) electrons. The van der Waals surface area contributed by atoms with Gasteiger partial charge in [-0.3, -0.25) is 9.69 Å². The molecule has 2 aromatic rings. The highest BCUT2D eigenvalue weighted by atomic mass is 32.2. The number of aryl methyl sites for hydroxylation is 2. The summed E-state index contributed by atoms with van der Waals surface area (Å²) < 4.78 is 12.1. The topological polar surface area (TPSA) is 38.8 Å². The van der Waals surface area contributed by atoms with Crippen LogP contribution in [0, 0.1) is 13.8 Å². The first-order chi connectivity index (χ1) is 14.0. The first-order valence-electron chi connectivity index (χ1n) is 9.26. The monoisotopic (exact) mass is 425 g/mol. The Hall–Kier alpha value is -2.57. The molecule has 0 atom stereocenters. The van der Waals surface area contributed by atoms with Crippen molar-refractivity contribution < 1.29 is 14.3 Å². The Morgan fingerprint density at radius 2 is 1.66 bits per heavy atom. The zero-order valence-electron chi connectivity index (χ0n) is 16.5. The van der Waals surface area contributed by atoms with Crippen LogP contribution in [0.3, 0.4) is 0 Å². The van der Waals surface area contributed by atoms with Crippen molar-refractivity contribution in [3.8, 4) is 11.5 Å². The first kappa shape index (κ1) is 21.1. The average molecular weight is 426 g/mol. The van der Waals surface area contributed by atoms with E-state index in [1.807, 2.05) is 42.5 Å². The van der Waals surface area contributed by atoms with E-state index in [0.29, 0.717) is 29.0 Å². The minimum atomic E-state index is -0.0799. The van der Waals surface area contributed by atoms with E-state index in [2.05, 4.69) is 26.5 Å². The second kappa shape index (κ2) is 9.76. The normalized spacial score (nSPS) is 15.1. The minimum absolute atomic E-state index is 0.0799. The van der Waals surface area contributed by atoms with Crippen LogP contribution >= 0.6 is 24.0 Å². The van der Waals surface area contributed by atoms with Crippen molar-refractivity contribution in [2.24, 2.45) is 0 Å². The fraction of sp³-hybridized carbons (Fsp3) is 0.217. The summed E-state index contributed by atoms with van der Waals surface area (Å²) in [7, 11) is 0. The van der Waals surface area contributed by atoms with Crippen LogP contribution in [0.15, 0.2) is 60.0 Å². The fourth-order valence-corrected chi connectivity index (χ4v) is 4.21. The molecule has 6 heteroatoms. The van der Waals surface area contributed by atoms with Crippen LogP contribution in [0.4, 0.5) is 0 Å². The van der Waals surface area contributed by atoms with Gasteiger partial charge in [-0.2, -0.15) is 0 Å². The highest BCUT2D eigenvalue weighted by Crippen LogP contribution is 2.32. The Balaban J connectivity index is 1.52. The number of carbonyl (C=O) groups excluding carboxylic acids is 1. The third-order valence-electron chi connectivity index (χ3n) is 4.18. The molecule has 1 heterocycles. The molecule has 0 bridgehead atoms. The lowest BCUT2D eigenvalue weighted by Crippen LogP contribution is -2.27. The number of amides is 1. The highest BCUT2D eigenvalue weighted by molar-refractivity contribution is 8.26. The van der Waals surface area contributed by atoms with Crippen molar-refractivity contribution in [3.05, 3.63) is 76.7 Å². The number of benzene rings is 2. The summed E-state index contributed by atoms with van der Waals surface area (Å²) in [6.45, 7) is 9.11. The Labute approximate surface area is 181 Å². The van der Waals surface area contributed by atoms with Crippen LogP contribution in [0.5, 0.6) is 11.5 Å². The van der Waals surface area contributed by atoms with Gasteiger partial charge in [-0.15, -0.1) is 6.58 Å². The maximum absolute atomic E-state index is 12.4. The molecule has 29 heavy (non-hydrogen) atoms. The Bertz CT molecular complexity index is 931. The van der Waals surface area contributed by atoms with Crippen LogP contribution in [0.2, 0.25) is 0 Å². The van der Waals surface area contributed by atoms with Crippen molar-refractivity contribution in [1.29, 1.82) is 0 Å². The van der Waals surface area contributed by atoms with Gasteiger partial charge < -0.3 is 9.47 Å². The van der Waals surface area contributed by atoms with Crippen molar-refractivity contribution >= 4 is 40.3 Å². The van der Waals surface area contributed by atoms with Crippen LogP contribution < -0.4 is 9.47 Å². The zero-order valence-corrected chi connectivity index (χ0v) is 18.1. The van der Waals surface area contributed by atoms with E-state index in [1.54, 1.807) is 11.0 Å². The molecule has 3 rings (SSSR count). The number of carbonyl (C=O) groups is 1. The predicted octanol–water partition coefficient (Wildman–Crippen LogP) is 5.15. The Kier molecular flexibility index (Phi) is 7.12. The average Bonchev–Trinajstić information content (AvgIpc) is 2.93. The van der Waals surface area contributed by atoms with Gasteiger partial charge >= 0.3 is 0 Å². The molecule has 0 aliphatic carbocycles. The number of hydrogen-bond acceptors (Lipinski definition) is 5.